The van der Waals surface area contributed by atoms with Crippen LogP contribution in [-0.2, 0) is 16.1 Å². The molecule has 1 aromatic carbocycles. The van der Waals surface area contributed by atoms with Crippen LogP contribution in [0.2, 0.25) is 0 Å². The summed E-state index contributed by atoms with van der Waals surface area (Å²) in [6, 6.07) is 9.59. The second-order valence-electron chi connectivity index (χ2n) is 8.42. The van der Waals surface area contributed by atoms with Gasteiger partial charge in [-0.05, 0) is 44.5 Å². The van der Waals surface area contributed by atoms with Gasteiger partial charge >= 0.3 is 0 Å². The number of benzene rings is 1. The van der Waals surface area contributed by atoms with Crippen molar-refractivity contribution in [3.8, 4) is 5.75 Å². The van der Waals surface area contributed by atoms with Crippen molar-refractivity contribution in [3.63, 3.8) is 0 Å². The zero-order valence-corrected chi connectivity index (χ0v) is 18.1. The number of rotatable bonds is 4. The largest absolute Gasteiger partial charge is 0.489 e. The fourth-order valence-corrected chi connectivity index (χ4v) is 3.32. The van der Waals surface area contributed by atoms with Gasteiger partial charge in [0.1, 0.15) is 18.0 Å². The van der Waals surface area contributed by atoms with E-state index in [1.165, 1.54) is 6.08 Å². The molecule has 7 nitrogen and oxygen atoms in total. The SMILES string of the molecule is Cc1c(CN(C)C(=O)C=Cc2cnc3c(c2)OCC(C)(C)C(=O)N3)oc2ccccc12. The molecular formula is C24H25N3O4. The van der Waals surface area contributed by atoms with Gasteiger partial charge in [-0.1, -0.05) is 18.2 Å². The number of para-hydroxylation sites is 1. The maximum atomic E-state index is 12.6. The smallest absolute Gasteiger partial charge is 0.246 e. The number of ether oxygens (including phenoxy) is 1. The maximum absolute atomic E-state index is 12.6. The molecule has 0 saturated carbocycles. The van der Waals surface area contributed by atoms with E-state index in [1.807, 2.05) is 45.0 Å². The van der Waals surface area contributed by atoms with Crippen LogP contribution in [-0.4, -0.2) is 35.4 Å². The number of carbonyl (C=O) groups excluding carboxylic acids is 2. The number of hydrogen-bond donors (Lipinski definition) is 1. The van der Waals surface area contributed by atoms with Crippen molar-refractivity contribution in [1.29, 1.82) is 0 Å². The standard InChI is InChI=1S/C24H25N3O4/c1-15-17-7-5-6-8-18(17)31-20(15)13-27(4)21(28)10-9-16-11-19-22(25-12-16)26-23(29)24(2,3)14-30-19/h5-12H,13-14H2,1-4H3,(H,25,26,29). The second-order valence-corrected chi connectivity index (χ2v) is 8.42. The lowest BCUT2D eigenvalue weighted by Gasteiger charge is -2.18. The molecule has 0 fully saturated rings. The van der Waals surface area contributed by atoms with E-state index in [2.05, 4.69) is 10.3 Å². The van der Waals surface area contributed by atoms with Crippen LogP contribution >= 0.6 is 0 Å². The number of nitrogens with one attached hydrogen (secondary N) is 1. The predicted octanol–water partition coefficient (Wildman–Crippen LogP) is 4.17. The number of likely N-dealkylation sites (N-methyl/N-ethyl adjacent to an activating group) is 1. The molecule has 31 heavy (non-hydrogen) atoms. The van der Waals surface area contributed by atoms with E-state index in [0.29, 0.717) is 23.7 Å². The lowest BCUT2D eigenvalue weighted by Crippen LogP contribution is -2.33. The average Bonchev–Trinajstić information content (AvgIpc) is 3.00. The molecule has 1 N–H and O–H groups in total. The third-order valence-corrected chi connectivity index (χ3v) is 5.43. The Hall–Kier alpha value is -3.61. The summed E-state index contributed by atoms with van der Waals surface area (Å²) in [4.78, 5) is 30.7. The maximum Gasteiger partial charge on any atom is 0.246 e. The third kappa shape index (κ3) is 4.17. The van der Waals surface area contributed by atoms with Gasteiger partial charge in [-0.3, -0.25) is 9.59 Å². The fraction of sp³-hybridized carbons (Fsp3) is 0.292. The van der Waals surface area contributed by atoms with Gasteiger partial charge < -0.3 is 19.4 Å². The number of furan rings is 1. The highest BCUT2D eigenvalue weighted by Gasteiger charge is 2.32. The Balaban J connectivity index is 1.46. The van der Waals surface area contributed by atoms with Gasteiger partial charge in [0.25, 0.3) is 0 Å². The van der Waals surface area contributed by atoms with Crippen molar-refractivity contribution in [2.24, 2.45) is 5.41 Å². The number of fused-ring (bicyclic) bond motifs is 2. The first kappa shape index (κ1) is 20.7. The first-order chi connectivity index (χ1) is 14.7. The molecule has 2 amide bonds. The topological polar surface area (TPSA) is 84.7 Å². The monoisotopic (exact) mass is 419 g/mol. The number of carbonyl (C=O) groups is 2. The number of pyridine rings is 1. The summed E-state index contributed by atoms with van der Waals surface area (Å²) in [6.45, 7) is 6.24. The zero-order chi connectivity index (χ0) is 22.2. The summed E-state index contributed by atoms with van der Waals surface area (Å²) in [6.07, 6.45) is 4.76. The molecule has 160 valence electrons. The lowest BCUT2D eigenvalue weighted by atomic mass is 9.94. The second kappa shape index (κ2) is 7.91. The molecule has 0 bridgehead atoms. The third-order valence-electron chi connectivity index (χ3n) is 5.43. The van der Waals surface area contributed by atoms with E-state index in [1.54, 1.807) is 30.3 Å². The van der Waals surface area contributed by atoms with Gasteiger partial charge in [-0.2, -0.15) is 0 Å². The Morgan fingerprint density at radius 3 is 2.87 bits per heavy atom. The van der Waals surface area contributed by atoms with E-state index in [9.17, 15) is 9.59 Å². The molecule has 0 aliphatic carbocycles. The Morgan fingerprint density at radius 2 is 2.10 bits per heavy atom. The van der Waals surface area contributed by atoms with Crippen LogP contribution in [0.3, 0.4) is 0 Å². The number of aryl methyl sites for hydroxylation is 1. The molecule has 1 aliphatic heterocycles. The van der Waals surface area contributed by atoms with E-state index >= 15 is 0 Å². The fourth-order valence-electron chi connectivity index (χ4n) is 3.32. The van der Waals surface area contributed by atoms with E-state index in [-0.39, 0.29) is 18.4 Å². The molecule has 7 heteroatoms. The molecular weight excluding hydrogens is 394 g/mol. The van der Waals surface area contributed by atoms with E-state index in [4.69, 9.17) is 9.15 Å². The highest BCUT2D eigenvalue weighted by atomic mass is 16.5. The van der Waals surface area contributed by atoms with Crippen LogP contribution in [0.5, 0.6) is 5.75 Å². The number of anilines is 1. The summed E-state index contributed by atoms with van der Waals surface area (Å²) in [5, 5.41) is 3.84. The summed E-state index contributed by atoms with van der Waals surface area (Å²) >= 11 is 0. The Morgan fingerprint density at radius 1 is 1.32 bits per heavy atom. The van der Waals surface area contributed by atoms with Crippen molar-refractivity contribution in [3.05, 3.63) is 59.5 Å². The summed E-state index contributed by atoms with van der Waals surface area (Å²) in [5.74, 6) is 1.34. The minimum atomic E-state index is -0.649. The minimum Gasteiger partial charge on any atom is -0.489 e. The van der Waals surface area contributed by atoms with Crippen molar-refractivity contribution < 1.29 is 18.7 Å². The number of amides is 2. The number of hydrogen-bond acceptors (Lipinski definition) is 5. The molecule has 0 saturated heterocycles. The summed E-state index contributed by atoms with van der Waals surface area (Å²) in [7, 11) is 1.73. The van der Waals surface area contributed by atoms with Crippen LogP contribution < -0.4 is 10.1 Å². The number of nitrogens with zero attached hydrogens (tertiary/aromatic N) is 2. The summed E-state index contributed by atoms with van der Waals surface area (Å²) in [5.41, 5.74) is 1.91. The molecule has 3 heterocycles. The van der Waals surface area contributed by atoms with Gasteiger partial charge in [0.2, 0.25) is 11.8 Å². The Labute approximate surface area is 180 Å². The first-order valence-electron chi connectivity index (χ1n) is 10.1. The van der Waals surface area contributed by atoms with Gasteiger partial charge in [0.05, 0.1) is 12.0 Å². The highest BCUT2D eigenvalue weighted by molar-refractivity contribution is 5.96. The Bertz CT molecular complexity index is 1190. The minimum absolute atomic E-state index is 0.139. The highest BCUT2D eigenvalue weighted by Crippen LogP contribution is 2.31. The van der Waals surface area contributed by atoms with E-state index < -0.39 is 5.41 Å². The molecule has 2 aromatic heterocycles. The van der Waals surface area contributed by atoms with Crippen LogP contribution in [0.4, 0.5) is 5.82 Å². The lowest BCUT2D eigenvalue weighted by molar-refractivity contribution is -0.126. The molecule has 0 spiro atoms. The molecule has 0 radical (unpaired) electrons. The van der Waals surface area contributed by atoms with Crippen molar-refractivity contribution in [2.75, 3.05) is 19.0 Å². The van der Waals surface area contributed by atoms with Crippen LogP contribution in [0.1, 0.15) is 30.7 Å². The van der Waals surface area contributed by atoms with Gasteiger partial charge in [-0.15, -0.1) is 0 Å². The molecule has 0 unspecified atom stereocenters. The van der Waals surface area contributed by atoms with Crippen molar-refractivity contribution in [1.82, 2.24) is 9.88 Å². The molecule has 4 rings (SSSR count). The van der Waals surface area contributed by atoms with Gasteiger partial charge in [-0.25, -0.2) is 4.98 Å². The van der Waals surface area contributed by atoms with Crippen LogP contribution in [0, 0.1) is 12.3 Å². The van der Waals surface area contributed by atoms with Crippen LogP contribution in [0.25, 0.3) is 17.0 Å². The quantitative estimate of drug-likeness (QED) is 0.642. The molecule has 1 aliphatic rings. The van der Waals surface area contributed by atoms with Gasteiger partial charge in [0, 0.05) is 30.3 Å². The van der Waals surface area contributed by atoms with Gasteiger partial charge in [0.15, 0.2) is 11.6 Å². The average molecular weight is 419 g/mol. The van der Waals surface area contributed by atoms with E-state index in [0.717, 1.165) is 22.3 Å². The predicted molar refractivity (Wildman–Crippen MR) is 119 cm³/mol. The number of aromatic nitrogens is 1. The van der Waals surface area contributed by atoms with Crippen molar-refractivity contribution >= 4 is 34.7 Å². The molecule has 0 atom stereocenters. The van der Waals surface area contributed by atoms with Crippen LogP contribution in [0.15, 0.2) is 47.0 Å². The molecule has 3 aromatic rings. The Kier molecular flexibility index (Phi) is 5.27. The zero-order valence-electron chi connectivity index (χ0n) is 18.1. The summed E-state index contributed by atoms with van der Waals surface area (Å²) < 4.78 is 11.7. The van der Waals surface area contributed by atoms with Crippen molar-refractivity contribution in [2.45, 2.75) is 27.3 Å². The normalized spacial score (nSPS) is 15.3. The first-order valence-corrected chi connectivity index (χ1v) is 10.1.